The maximum Gasteiger partial charge on any atom is 0.136 e. The van der Waals surface area contributed by atoms with Crippen LogP contribution in [-0.4, -0.2) is 25.6 Å². The number of benzene rings is 1. The molecule has 3 aromatic heterocycles. The Kier molecular flexibility index (Phi) is 4.24. The van der Waals surface area contributed by atoms with Gasteiger partial charge in [-0.1, -0.05) is 0 Å². The molecule has 0 atom stereocenters. The maximum absolute atomic E-state index is 13.3. The molecule has 0 amide bonds. The highest BCUT2D eigenvalue weighted by Crippen LogP contribution is 2.32. The first-order chi connectivity index (χ1) is 12.7. The number of aromatic nitrogens is 4. The molecule has 132 valence electrons. The van der Waals surface area contributed by atoms with Crippen LogP contribution >= 0.6 is 0 Å². The summed E-state index contributed by atoms with van der Waals surface area (Å²) in [7, 11) is 0. The SMILES string of the molecule is Cc1cnc2ccc(-c3c(-c4ccc(F)cc4)ncn3CCCF)cn12. The van der Waals surface area contributed by atoms with Crippen LogP contribution < -0.4 is 0 Å². The average Bonchev–Trinajstić information content (AvgIpc) is 3.24. The van der Waals surface area contributed by atoms with Gasteiger partial charge in [-0.2, -0.15) is 0 Å². The van der Waals surface area contributed by atoms with Crippen molar-refractivity contribution >= 4 is 5.65 Å². The summed E-state index contributed by atoms with van der Waals surface area (Å²) in [6.45, 7) is 2.13. The van der Waals surface area contributed by atoms with E-state index in [1.807, 2.05) is 40.4 Å². The maximum atomic E-state index is 13.3. The first kappa shape index (κ1) is 16.4. The third-order valence-corrected chi connectivity index (χ3v) is 4.45. The molecular formula is C20H18F2N4. The van der Waals surface area contributed by atoms with E-state index in [4.69, 9.17) is 0 Å². The molecular weight excluding hydrogens is 334 g/mol. The number of aryl methyl sites for hydroxylation is 2. The zero-order valence-electron chi connectivity index (χ0n) is 14.4. The molecule has 0 radical (unpaired) electrons. The van der Waals surface area contributed by atoms with Gasteiger partial charge in [0.1, 0.15) is 11.5 Å². The molecule has 0 aliphatic carbocycles. The standard InChI is InChI=1S/C20H18F2N4/c1-14-11-23-18-8-5-16(12-26(14)18)20-19(15-3-6-17(22)7-4-15)24-13-25(20)10-2-9-21/h3-8,11-13H,2,9-10H2,1H3. The van der Waals surface area contributed by atoms with E-state index in [1.165, 1.54) is 12.1 Å². The van der Waals surface area contributed by atoms with Gasteiger partial charge in [0.25, 0.3) is 0 Å². The van der Waals surface area contributed by atoms with E-state index < -0.39 is 0 Å². The predicted octanol–water partition coefficient (Wildman–Crippen LogP) is 4.67. The summed E-state index contributed by atoms with van der Waals surface area (Å²) in [4.78, 5) is 8.88. The Hall–Kier alpha value is -3.02. The number of rotatable bonds is 5. The van der Waals surface area contributed by atoms with Gasteiger partial charge in [0.15, 0.2) is 0 Å². The van der Waals surface area contributed by atoms with E-state index in [9.17, 15) is 8.78 Å². The minimum absolute atomic E-state index is 0.289. The van der Waals surface area contributed by atoms with Crippen LogP contribution in [0.15, 0.2) is 55.1 Å². The molecule has 4 nitrogen and oxygen atoms in total. The molecule has 3 heterocycles. The van der Waals surface area contributed by atoms with Crippen LogP contribution in [0.25, 0.3) is 28.2 Å². The van der Waals surface area contributed by atoms with Gasteiger partial charge < -0.3 is 8.97 Å². The van der Waals surface area contributed by atoms with Gasteiger partial charge in [-0.25, -0.2) is 14.4 Å². The number of imidazole rings is 2. The van der Waals surface area contributed by atoms with Crippen LogP contribution in [0.3, 0.4) is 0 Å². The lowest BCUT2D eigenvalue weighted by Gasteiger charge is -2.11. The molecule has 0 fully saturated rings. The quantitative estimate of drug-likeness (QED) is 0.523. The molecule has 0 N–H and O–H groups in total. The van der Waals surface area contributed by atoms with E-state index >= 15 is 0 Å². The second kappa shape index (κ2) is 6.71. The highest BCUT2D eigenvalue weighted by Gasteiger charge is 2.16. The Bertz CT molecular complexity index is 1050. The second-order valence-electron chi connectivity index (χ2n) is 6.23. The van der Waals surface area contributed by atoms with Crippen LogP contribution in [0.4, 0.5) is 8.78 Å². The lowest BCUT2D eigenvalue weighted by molar-refractivity contribution is 0.447. The number of hydrogen-bond donors (Lipinski definition) is 0. The van der Waals surface area contributed by atoms with Crippen molar-refractivity contribution in [1.29, 1.82) is 0 Å². The summed E-state index contributed by atoms with van der Waals surface area (Å²) in [5.41, 5.74) is 5.31. The van der Waals surface area contributed by atoms with E-state index in [0.29, 0.717) is 13.0 Å². The number of hydrogen-bond acceptors (Lipinski definition) is 2. The topological polar surface area (TPSA) is 35.1 Å². The fraction of sp³-hybridized carbons (Fsp3) is 0.200. The minimum atomic E-state index is -0.386. The third kappa shape index (κ3) is 2.87. The lowest BCUT2D eigenvalue weighted by atomic mass is 10.1. The summed E-state index contributed by atoms with van der Waals surface area (Å²) in [5, 5.41) is 0. The Balaban J connectivity index is 1.89. The molecule has 0 saturated carbocycles. The third-order valence-electron chi connectivity index (χ3n) is 4.45. The van der Waals surface area contributed by atoms with Crippen LogP contribution in [0.2, 0.25) is 0 Å². The largest absolute Gasteiger partial charge is 0.330 e. The van der Waals surface area contributed by atoms with Gasteiger partial charge in [-0.15, -0.1) is 0 Å². The summed E-state index contributed by atoms with van der Waals surface area (Å²) in [5.74, 6) is -0.289. The Morgan fingerprint density at radius 3 is 2.54 bits per heavy atom. The molecule has 1 aromatic carbocycles. The van der Waals surface area contributed by atoms with Gasteiger partial charge in [0, 0.05) is 35.8 Å². The fourth-order valence-corrected chi connectivity index (χ4v) is 3.15. The van der Waals surface area contributed by atoms with Gasteiger partial charge >= 0.3 is 0 Å². The van der Waals surface area contributed by atoms with Crippen molar-refractivity contribution in [1.82, 2.24) is 18.9 Å². The van der Waals surface area contributed by atoms with Gasteiger partial charge in [0.2, 0.25) is 0 Å². The molecule has 0 unspecified atom stereocenters. The van der Waals surface area contributed by atoms with Crippen molar-refractivity contribution in [3.63, 3.8) is 0 Å². The lowest BCUT2D eigenvalue weighted by Crippen LogP contribution is -2.01. The summed E-state index contributed by atoms with van der Waals surface area (Å²) >= 11 is 0. The van der Waals surface area contributed by atoms with E-state index in [-0.39, 0.29) is 12.5 Å². The molecule has 26 heavy (non-hydrogen) atoms. The predicted molar refractivity (Wildman–Crippen MR) is 97.1 cm³/mol. The summed E-state index contributed by atoms with van der Waals surface area (Å²) in [6, 6.07) is 10.2. The Labute approximate surface area is 149 Å². The number of halogens is 2. The van der Waals surface area contributed by atoms with E-state index in [2.05, 4.69) is 9.97 Å². The van der Waals surface area contributed by atoms with Crippen LogP contribution in [0.1, 0.15) is 12.1 Å². The second-order valence-corrected chi connectivity index (χ2v) is 6.23. The van der Waals surface area contributed by atoms with Gasteiger partial charge in [-0.3, -0.25) is 4.39 Å². The summed E-state index contributed by atoms with van der Waals surface area (Å²) < 4.78 is 30.0. The summed E-state index contributed by atoms with van der Waals surface area (Å²) in [6.07, 6.45) is 5.96. The number of alkyl halides is 1. The number of pyridine rings is 1. The van der Waals surface area contributed by atoms with Crippen molar-refractivity contribution in [3.8, 4) is 22.5 Å². The van der Waals surface area contributed by atoms with E-state index in [1.54, 1.807) is 18.5 Å². The molecule has 0 saturated heterocycles. The fourth-order valence-electron chi connectivity index (χ4n) is 3.15. The van der Waals surface area contributed by atoms with Crippen molar-refractivity contribution in [3.05, 3.63) is 66.6 Å². The van der Waals surface area contributed by atoms with Crippen molar-refractivity contribution in [2.75, 3.05) is 6.67 Å². The van der Waals surface area contributed by atoms with Crippen LogP contribution in [-0.2, 0) is 6.54 Å². The molecule has 4 aromatic rings. The minimum Gasteiger partial charge on any atom is -0.330 e. The Morgan fingerprint density at radius 1 is 1.00 bits per heavy atom. The first-order valence-corrected chi connectivity index (χ1v) is 8.48. The molecule has 0 aliphatic rings. The monoisotopic (exact) mass is 352 g/mol. The highest BCUT2D eigenvalue weighted by atomic mass is 19.1. The highest BCUT2D eigenvalue weighted by molar-refractivity contribution is 5.78. The smallest absolute Gasteiger partial charge is 0.136 e. The molecule has 0 bridgehead atoms. The Morgan fingerprint density at radius 2 is 1.77 bits per heavy atom. The zero-order valence-corrected chi connectivity index (χ0v) is 14.4. The van der Waals surface area contributed by atoms with Crippen LogP contribution in [0, 0.1) is 12.7 Å². The molecule has 0 aliphatic heterocycles. The first-order valence-electron chi connectivity index (χ1n) is 8.48. The molecule has 6 heteroatoms. The molecule has 0 spiro atoms. The van der Waals surface area contributed by atoms with Crippen molar-refractivity contribution in [2.45, 2.75) is 19.9 Å². The average molecular weight is 352 g/mol. The van der Waals surface area contributed by atoms with Gasteiger partial charge in [-0.05, 0) is 49.7 Å². The number of fused-ring (bicyclic) bond motifs is 1. The van der Waals surface area contributed by atoms with Crippen LogP contribution in [0.5, 0.6) is 0 Å². The van der Waals surface area contributed by atoms with Crippen molar-refractivity contribution in [2.24, 2.45) is 0 Å². The number of nitrogens with zero attached hydrogens (tertiary/aromatic N) is 4. The van der Waals surface area contributed by atoms with E-state index in [0.717, 1.165) is 33.9 Å². The van der Waals surface area contributed by atoms with Gasteiger partial charge in [0.05, 0.1) is 24.4 Å². The zero-order chi connectivity index (χ0) is 18.1. The van der Waals surface area contributed by atoms with Crippen molar-refractivity contribution < 1.29 is 8.78 Å². The normalized spacial score (nSPS) is 11.3. The molecule has 4 rings (SSSR count).